The topological polar surface area (TPSA) is 68.7 Å². The fourth-order valence-electron chi connectivity index (χ4n) is 6.13. The van der Waals surface area contributed by atoms with Crippen LogP contribution in [0.4, 0.5) is 16.2 Å². The summed E-state index contributed by atoms with van der Waals surface area (Å²) in [6.45, 7) is 15.2. The number of amides is 1. The van der Waals surface area contributed by atoms with Gasteiger partial charge < -0.3 is 25.3 Å². The van der Waals surface area contributed by atoms with Gasteiger partial charge in [-0.25, -0.2) is 4.79 Å². The molecule has 0 aromatic heterocycles. The Hall–Kier alpha value is -3.02. The molecule has 1 aliphatic heterocycles. The van der Waals surface area contributed by atoms with E-state index in [-0.39, 0.29) is 6.09 Å². The highest BCUT2D eigenvalue weighted by Crippen LogP contribution is 2.36. The lowest BCUT2D eigenvalue weighted by Gasteiger charge is -2.37. The van der Waals surface area contributed by atoms with Crippen LogP contribution in [0.1, 0.15) is 91.2 Å². The molecule has 1 amide bonds. The largest absolute Gasteiger partial charge is 0.444 e. The van der Waals surface area contributed by atoms with Crippen molar-refractivity contribution < 1.29 is 9.53 Å². The van der Waals surface area contributed by atoms with Crippen LogP contribution in [0.5, 0.6) is 0 Å². The van der Waals surface area contributed by atoms with Gasteiger partial charge in [-0.15, -0.1) is 0 Å². The van der Waals surface area contributed by atoms with Crippen LogP contribution in [0.2, 0.25) is 0 Å². The average Bonchev–Trinajstić information content (AvgIpc) is 3.38. The van der Waals surface area contributed by atoms with Gasteiger partial charge in [0.05, 0.1) is 0 Å². The van der Waals surface area contributed by atoms with Crippen molar-refractivity contribution in [2.45, 2.75) is 98.1 Å². The van der Waals surface area contributed by atoms with E-state index in [2.05, 4.69) is 55.3 Å². The Morgan fingerprint density at radius 1 is 1.13 bits per heavy atom. The van der Waals surface area contributed by atoms with Crippen molar-refractivity contribution in [3.63, 3.8) is 0 Å². The zero-order valence-corrected chi connectivity index (χ0v) is 25.0. The smallest absolute Gasteiger partial charge is 0.410 e. The second kappa shape index (κ2) is 12.4. The van der Waals surface area contributed by atoms with Gasteiger partial charge in [0.25, 0.3) is 0 Å². The van der Waals surface area contributed by atoms with Crippen LogP contribution in [0.25, 0.3) is 0 Å². The van der Waals surface area contributed by atoms with Gasteiger partial charge in [-0.1, -0.05) is 37.5 Å². The molecule has 1 aromatic rings. The van der Waals surface area contributed by atoms with E-state index in [4.69, 9.17) is 10.1 Å². The first-order chi connectivity index (χ1) is 18.6. The quantitative estimate of drug-likeness (QED) is 0.354. The Balaban J connectivity index is 1.65. The first kappa shape index (κ1) is 29.0. The summed E-state index contributed by atoms with van der Waals surface area (Å²) in [4.78, 5) is 16.8. The minimum Gasteiger partial charge on any atom is -0.444 e. The predicted octanol–water partition coefficient (Wildman–Crippen LogP) is 7.64. The molecule has 1 aromatic carbocycles. The number of benzene rings is 1. The fraction of sp³-hybridized carbons (Fsp3) is 0.576. The molecule has 0 spiro atoms. The van der Waals surface area contributed by atoms with Crippen molar-refractivity contribution >= 4 is 23.7 Å². The first-order valence-electron chi connectivity index (χ1n) is 14.8. The molecule has 2 fully saturated rings. The van der Waals surface area contributed by atoms with Crippen LogP contribution in [-0.4, -0.2) is 55.0 Å². The van der Waals surface area contributed by atoms with Crippen molar-refractivity contribution in [1.82, 2.24) is 4.90 Å². The molecule has 0 unspecified atom stereocenters. The summed E-state index contributed by atoms with van der Waals surface area (Å²) in [7, 11) is 0. The SMILES string of the molecule is CCC=C1CC(C)=CC(C)=C1Cc1cc(N2CCN(C(=O)OC(C)(C)C)CC2)cc(NC2CCCC2)c1C=N. The summed E-state index contributed by atoms with van der Waals surface area (Å²) < 4.78 is 5.61. The van der Waals surface area contributed by atoms with Crippen molar-refractivity contribution in [3.05, 3.63) is 57.7 Å². The van der Waals surface area contributed by atoms with E-state index in [0.29, 0.717) is 19.1 Å². The number of carbonyl (C=O) groups is 1. The van der Waals surface area contributed by atoms with Crippen LogP contribution in [0, 0.1) is 5.41 Å². The van der Waals surface area contributed by atoms with Gasteiger partial charge in [0.1, 0.15) is 5.60 Å². The molecule has 0 bridgehead atoms. The minimum atomic E-state index is -0.489. The number of hydrogen-bond acceptors (Lipinski definition) is 5. The van der Waals surface area contributed by atoms with E-state index in [1.165, 1.54) is 59.2 Å². The number of piperazine rings is 1. The van der Waals surface area contributed by atoms with E-state index >= 15 is 0 Å². The van der Waals surface area contributed by atoms with Crippen LogP contribution in [0.3, 0.4) is 0 Å². The summed E-state index contributed by atoms with van der Waals surface area (Å²) in [6.07, 6.45) is 13.7. The molecule has 1 saturated carbocycles. The standard InChI is InChI=1S/C33H48N4O2/c1-7-10-25-18-23(2)17-24(3)29(25)20-26-19-28(21-31(30(26)22-34)35-27-11-8-9-12-27)36-13-15-37(16-14-36)32(38)39-33(4,5)6/h10,17,19,21-22,27,34-35H,7-9,11-16,18,20H2,1-6H3. The van der Waals surface area contributed by atoms with Gasteiger partial charge in [-0.2, -0.15) is 0 Å². The summed E-state index contributed by atoms with van der Waals surface area (Å²) in [6, 6.07) is 4.99. The Morgan fingerprint density at radius 3 is 2.44 bits per heavy atom. The molecular weight excluding hydrogens is 484 g/mol. The van der Waals surface area contributed by atoms with E-state index in [9.17, 15) is 4.79 Å². The normalized spacial score (nSPS) is 19.9. The van der Waals surface area contributed by atoms with Crippen LogP contribution in [-0.2, 0) is 11.2 Å². The lowest BCUT2D eigenvalue weighted by molar-refractivity contribution is 0.0240. The van der Waals surface area contributed by atoms with Crippen LogP contribution < -0.4 is 10.2 Å². The average molecular weight is 533 g/mol. The van der Waals surface area contributed by atoms with Crippen molar-refractivity contribution in [3.8, 4) is 0 Å². The first-order valence-corrected chi connectivity index (χ1v) is 14.8. The van der Waals surface area contributed by atoms with E-state index in [0.717, 1.165) is 43.6 Å². The summed E-state index contributed by atoms with van der Waals surface area (Å²) in [5.74, 6) is 0. The van der Waals surface area contributed by atoms with Gasteiger partial charge in [-0.05, 0) is 101 Å². The van der Waals surface area contributed by atoms with Gasteiger partial charge in [-0.3, -0.25) is 0 Å². The van der Waals surface area contributed by atoms with Gasteiger partial charge >= 0.3 is 6.09 Å². The van der Waals surface area contributed by atoms with Crippen LogP contribution in [0.15, 0.2) is 46.6 Å². The van der Waals surface area contributed by atoms with Crippen molar-refractivity contribution in [2.24, 2.45) is 0 Å². The third-order valence-electron chi connectivity index (χ3n) is 8.02. The maximum absolute atomic E-state index is 12.6. The summed E-state index contributed by atoms with van der Waals surface area (Å²) in [5.41, 5.74) is 9.50. The second-order valence-electron chi connectivity index (χ2n) is 12.4. The maximum Gasteiger partial charge on any atom is 0.410 e. The Bertz CT molecular complexity index is 1160. The highest BCUT2D eigenvalue weighted by molar-refractivity contribution is 5.90. The van der Waals surface area contributed by atoms with Crippen molar-refractivity contribution in [1.29, 1.82) is 5.41 Å². The highest BCUT2D eigenvalue weighted by Gasteiger charge is 2.27. The molecule has 4 rings (SSSR count). The molecular formula is C33H48N4O2. The monoisotopic (exact) mass is 532 g/mol. The number of nitrogens with zero attached hydrogens (tertiary/aromatic N) is 2. The Morgan fingerprint density at radius 2 is 1.82 bits per heavy atom. The zero-order valence-electron chi connectivity index (χ0n) is 25.0. The predicted molar refractivity (Wildman–Crippen MR) is 163 cm³/mol. The number of hydrogen-bond donors (Lipinski definition) is 2. The highest BCUT2D eigenvalue weighted by atomic mass is 16.6. The molecule has 212 valence electrons. The number of carbonyl (C=O) groups excluding carboxylic acids is 1. The molecule has 2 N–H and O–H groups in total. The maximum atomic E-state index is 12.6. The molecule has 0 radical (unpaired) electrons. The number of ether oxygens (including phenoxy) is 1. The van der Waals surface area contributed by atoms with E-state index in [1.807, 2.05) is 25.7 Å². The molecule has 6 nitrogen and oxygen atoms in total. The Labute approximate surface area is 235 Å². The van der Waals surface area contributed by atoms with Gasteiger partial charge in [0, 0.05) is 55.4 Å². The van der Waals surface area contributed by atoms with Gasteiger partial charge in [0.2, 0.25) is 0 Å². The van der Waals surface area contributed by atoms with E-state index in [1.54, 1.807) is 6.21 Å². The third kappa shape index (κ3) is 7.34. The van der Waals surface area contributed by atoms with Crippen LogP contribution >= 0.6 is 0 Å². The molecule has 39 heavy (non-hydrogen) atoms. The second-order valence-corrected chi connectivity index (χ2v) is 12.4. The van der Waals surface area contributed by atoms with Crippen molar-refractivity contribution in [2.75, 3.05) is 36.4 Å². The number of allylic oxidation sites excluding steroid dienone is 6. The fourth-order valence-corrected chi connectivity index (χ4v) is 6.13. The lowest BCUT2D eigenvalue weighted by atomic mass is 9.83. The molecule has 1 heterocycles. The molecule has 3 aliphatic rings. The number of nitrogens with one attached hydrogen (secondary N) is 2. The van der Waals surface area contributed by atoms with Gasteiger partial charge in [0.15, 0.2) is 0 Å². The number of anilines is 2. The third-order valence-corrected chi connectivity index (χ3v) is 8.02. The minimum absolute atomic E-state index is 0.233. The Kier molecular flexibility index (Phi) is 9.24. The molecule has 6 heteroatoms. The summed E-state index contributed by atoms with van der Waals surface area (Å²) >= 11 is 0. The molecule has 0 atom stereocenters. The molecule has 2 aliphatic carbocycles. The summed E-state index contributed by atoms with van der Waals surface area (Å²) in [5, 5.41) is 12.2. The molecule has 1 saturated heterocycles. The zero-order chi connectivity index (χ0) is 28.2. The number of rotatable bonds is 7. The lowest BCUT2D eigenvalue weighted by Crippen LogP contribution is -2.50. The van der Waals surface area contributed by atoms with E-state index < -0.39 is 5.60 Å².